The van der Waals surface area contributed by atoms with Crippen molar-refractivity contribution in [1.82, 2.24) is 10.2 Å². The topological polar surface area (TPSA) is 92.8 Å². The minimum Gasteiger partial charge on any atom is -1.00 e. The van der Waals surface area contributed by atoms with Gasteiger partial charge in [-0.2, -0.15) is 9.67 Å². The zero-order valence-electron chi connectivity index (χ0n) is 17.1. The molecule has 0 aromatic carbocycles. The lowest BCUT2D eigenvalue weighted by molar-refractivity contribution is -0.682. The van der Waals surface area contributed by atoms with Crippen LogP contribution in [0.5, 0.6) is 0 Å². The number of carbonyl (C=O) groups excluding carboxylic acids is 1. The van der Waals surface area contributed by atoms with E-state index in [1.807, 2.05) is 24.5 Å². The number of nitrogens with zero attached hydrogens (tertiary/aromatic N) is 3. The predicted octanol–water partition coefficient (Wildman–Crippen LogP) is 1.73. The number of carbonyl (C=O) groups is 1. The number of H-pyrrole nitrogens is 1. The molecule has 3 aromatic heterocycles. The monoisotopic (exact) mass is 504 g/mol. The molecule has 1 aliphatic carbocycles. The summed E-state index contributed by atoms with van der Waals surface area (Å²) in [6.45, 7) is 0.129. The lowest BCUT2D eigenvalue weighted by Gasteiger charge is -2.20. The quantitative estimate of drug-likeness (QED) is 0.219. The van der Waals surface area contributed by atoms with Gasteiger partial charge in [0, 0.05) is 17.8 Å². The largest absolute Gasteiger partial charge is 1.00 e. The number of aromatic nitrogens is 3. The molecule has 4 rings (SSSR count). The van der Waals surface area contributed by atoms with E-state index in [0.717, 1.165) is 40.6 Å². The molecule has 1 aliphatic rings. The van der Waals surface area contributed by atoms with Crippen LogP contribution in [0.3, 0.4) is 0 Å². The van der Waals surface area contributed by atoms with E-state index in [4.69, 9.17) is 0 Å². The number of aromatic amines is 1. The van der Waals surface area contributed by atoms with Crippen LogP contribution in [0.2, 0.25) is 0 Å². The highest BCUT2D eigenvalue weighted by Crippen LogP contribution is 2.28. The van der Waals surface area contributed by atoms with Crippen molar-refractivity contribution in [3.05, 3.63) is 62.7 Å². The standard InChI is InChI=1S/C22H25N4O3S.BrH/c27-21(22-12-19(15-30-22)26(28)29)14-25-10-4-7-17(13-25)20-11-18(23-24-20)9-8-16-5-2-1-3-6-16;/h4,7,10-13,15-16H,1-3,5-6,8-9,14H2,(H,23,24);1H/q+1;/p-1. The number of rotatable bonds is 8. The summed E-state index contributed by atoms with van der Waals surface area (Å²) < 4.78 is 1.79. The van der Waals surface area contributed by atoms with Gasteiger partial charge in [0.1, 0.15) is 0 Å². The zero-order valence-corrected chi connectivity index (χ0v) is 19.5. The fraction of sp³-hybridized carbons (Fsp3) is 0.409. The van der Waals surface area contributed by atoms with Gasteiger partial charge in [0.25, 0.3) is 5.69 Å². The molecule has 1 fully saturated rings. The Kier molecular flexibility index (Phi) is 8.09. The molecule has 0 amide bonds. The minimum atomic E-state index is -0.482. The number of aryl methyl sites for hydroxylation is 1. The van der Waals surface area contributed by atoms with Gasteiger partial charge in [0.05, 0.1) is 26.4 Å². The normalized spacial score (nSPS) is 14.2. The molecule has 3 heterocycles. The second-order valence-electron chi connectivity index (χ2n) is 7.94. The van der Waals surface area contributed by atoms with Gasteiger partial charge in [-0.05, 0) is 30.9 Å². The van der Waals surface area contributed by atoms with Gasteiger partial charge in [-0.25, -0.2) is 0 Å². The summed E-state index contributed by atoms with van der Waals surface area (Å²) in [6, 6.07) is 7.28. The van der Waals surface area contributed by atoms with Gasteiger partial charge >= 0.3 is 0 Å². The summed E-state index contributed by atoms with van der Waals surface area (Å²) in [5, 5.41) is 19.8. The van der Waals surface area contributed by atoms with Crippen molar-refractivity contribution in [2.24, 2.45) is 5.92 Å². The minimum absolute atomic E-state index is 0. The summed E-state index contributed by atoms with van der Waals surface area (Å²) in [5.74, 6) is 0.689. The van der Waals surface area contributed by atoms with Gasteiger partial charge in [-0.15, -0.1) is 11.3 Å². The molecule has 0 bridgehead atoms. The number of ketones is 1. The van der Waals surface area contributed by atoms with Gasteiger partial charge in [-0.3, -0.25) is 20.0 Å². The number of pyridine rings is 1. The van der Waals surface area contributed by atoms with Crippen molar-refractivity contribution in [3.63, 3.8) is 0 Å². The molecular formula is C22H25BrN4O3S. The van der Waals surface area contributed by atoms with E-state index in [0.29, 0.717) is 4.88 Å². The SMILES string of the molecule is O=C(C[n+]1cccc(-c2cc(CCC3CCCCC3)[nH]n2)c1)c1cc([N+](=O)[O-])cs1.[Br-]. The first-order valence-electron chi connectivity index (χ1n) is 10.4. The molecule has 0 spiro atoms. The average Bonchev–Trinajstić information content (AvgIpc) is 3.43. The van der Waals surface area contributed by atoms with Crippen LogP contribution in [0.25, 0.3) is 11.3 Å². The van der Waals surface area contributed by atoms with Crippen LogP contribution >= 0.6 is 11.3 Å². The van der Waals surface area contributed by atoms with Crippen molar-refractivity contribution < 1.29 is 31.3 Å². The van der Waals surface area contributed by atoms with Gasteiger partial charge in [0.15, 0.2) is 12.4 Å². The molecule has 1 N–H and O–H groups in total. The highest BCUT2D eigenvalue weighted by Gasteiger charge is 2.19. The van der Waals surface area contributed by atoms with Crippen molar-refractivity contribution in [1.29, 1.82) is 0 Å². The molecular weight excluding hydrogens is 480 g/mol. The molecule has 3 aromatic rings. The zero-order chi connectivity index (χ0) is 20.9. The molecule has 9 heteroatoms. The molecule has 7 nitrogen and oxygen atoms in total. The third kappa shape index (κ3) is 6.07. The van der Waals surface area contributed by atoms with E-state index in [2.05, 4.69) is 16.3 Å². The van der Waals surface area contributed by atoms with Crippen molar-refractivity contribution in [2.45, 2.75) is 51.5 Å². The third-order valence-electron chi connectivity index (χ3n) is 5.73. The Morgan fingerprint density at radius 1 is 1.29 bits per heavy atom. The van der Waals surface area contributed by atoms with E-state index < -0.39 is 4.92 Å². The molecule has 31 heavy (non-hydrogen) atoms. The Morgan fingerprint density at radius 2 is 2.10 bits per heavy atom. The first-order valence-corrected chi connectivity index (χ1v) is 11.3. The second kappa shape index (κ2) is 10.8. The summed E-state index contributed by atoms with van der Waals surface area (Å²) in [7, 11) is 0. The third-order valence-corrected chi connectivity index (χ3v) is 6.69. The average molecular weight is 505 g/mol. The maximum absolute atomic E-state index is 12.5. The van der Waals surface area contributed by atoms with Crippen LogP contribution in [-0.4, -0.2) is 20.9 Å². The number of Topliss-reactive ketones (excluding diaryl/α,β-unsaturated/α-hetero) is 1. The first kappa shape index (κ1) is 23.3. The number of thiophene rings is 1. The number of halogens is 1. The Hall–Kier alpha value is -2.39. The highest BCUT2D eigenvalue weighted by atomic mass is 79.9. The van der Waals surface area contributed by atoms with Crippen molar-refractivity contribution in [3.8, 4) is 11.3 Å². The predicted molar refractivity (Wildman–Crippen MR) is 114 cm³/mol. The van der Waals surface area contributed by atoms with E-state index in [-0.39, 0.29) is 35.0 Å². The Morgan fingerprint density at radius 3 is 2.84 bits per heavy atom. The van der Waals surface area contributed by atoms with Crippen LogP contribution < -0.4 is 21.5 Å². The lowest BCUT2D eigenvalue weighted by Crippen LogP contribution is -3.00. The van der Waals surface area contributed by atoms with Crippen LogP contribution in [0, 0.1) is 16.0 Å². The van der Waals surface area contributed by atoms with Gasteiger partial charge in [-0.1, -0.05) is 32.1 Å². The van der Waals surface area contributed by atoms with Crippen molar-refractivity contribution in [2.75, 3.05) is 0 Å². The van der Waals surface area contributed by atoms with E-state index in [1.165, 1.54) is 50.0 Å². The summed E-state index contributed by atoms with van der Waals surface area (Å²) >= 11 is 1.10. The van der Waals surface area contributed by atoms with E-state index in [9.17, 15) is 14.9 Å². The van der Waals surface area contributed by atoms with Crippen molar-refractivity contribution >= 4 is 22.8 Å². The molecule has 0 radical (unpaired) electrons. The van der Waals surface area contributed by atoms with Gasteiger partial charge < -0.3 is 17.0 Å². The van der Waals surface area contributed by atoms with Gasteiger partial charge in [0.2, 0.25) is 12.3 Å². The summed E-state index contributed by atoms with van der Waals surface area (Å²) in [6.07, 6.45) is 12.7. The Balaban J connectivity index is 0.00000272. The molecule has 0 atom stereocenters. The molecule has 164 valence electrons. The maximum atomic E-state index is 12.5. The fourth-order valence-corrected chi connectivity index (χ4v) is 4.84. The molecule has 1 saturated carbocycles. The molecule has 0 saturated heterocycles. The Labute approximate surface area is 195 Å². The molecule has 0 unspecified atom stereocenters. The smallest absolute Gasteiger partial charge is 0.280 e. The Bertz CT molecular complexity index is 1040. The van der Waals surface area contributed by atoms with E-state index >= 15 is 0 Å². The summed E-state index contributed by atoms with van der Waals surface area (Å²) in [5.41, 5.74) is 2.90. The number of nitro groups is 1. The van der Waals surface area contributed by atoms with E-state index in [1.54, 1.807) is 4.57 Å². The van der Waals surface area contributed by atoms with Crippen LogP contribution in [0.1, 0.15) is 53.9 Å². The van der Waals surface area contributed by atoms with Crippen LogP contribution in [-0.2, 0) is 13.0 Å². The highest BCUT2D eigenvalue weighted by molar-refractivity contribution is 7.12. The molecule has 0 aliphatic heterocycles. The second-order valence-corrected chi connectivity index (χ2v) is 8.85. The first-order chi connectivity index (χ1) is 14.6. The number of nitrogens with one attached hydrogen (secondary N) is 1. The fourth-order valence-electron chi connectivity index (χ4n) is 4.06. The lowest BCUT2D eigenvalue weighted by atomic mass is 9.86. The van der Waals surface area contributed by atoms with Crippen LogP contribution in [0.4, 0.5) is 5.69 Å². The number of hydrogen-bond acceptors (Lipinski definition) is 5. The number of hydrogen-bond donors (Lipinski definition) is 1. The summed E-state index contributed by atoms with van der Waals surface area (Å²) in [4.78, 5) is 23.2. The van der Waals surface area contributed by atoms with Crippen LogP contribution in [0.15, 0.2) is 42.0 Å². The maximum Gasteiger partial charge on any atom is 0.280 e.